The molecule has 0 saturated heterocycles. The summed E-state index contributed by atoms with van der Waals surface area (Å²) in [5.41, 5.74) is 6.93. The highest BCUT2D eigenvalue weighted by atomic mass is 127. The van der Waals surface area contributed by atoms with Crippen molar-refractivity contribution in [3.05, 3.63) is 55.6 Å². The van der Waals surface area contributed by atoms with E-state index in [4.69, 9.17) is 10.5 Å². The maximum absolute atomic E-state index is 13.2. The lowest BCUT2D eigenvalue weighted by atomic mass is 9.74. The van der Waals surface area contributed by atoms with Crippen molar-refractivity contribution in [1.82, 2.24) is 14.9 Å². The van der Waals surface area contributed by atoms with E-state index in [1.807, 2.05) is 27.2 Å². The number of nitrogen functional groups attached to an aromatic ring is 1. The Balaban J connectivity index is 1.54. The molecular formula is C24H24IN5O5. The Morgan fingerprint density at radius 2 is 2.06 bits per heavy atom. The molecule has 1 aliphatic heterocycles. The molecule has 0 radical (unpaired) electrons. The summed E-state index contributed by atoms with van der Waals surface area (Å²) in [7, 11) is 0. The van der Waals surface area contributed by atoms with Crippen LogP contribution in [0.4, 0.5) is 11.4 Å². The summed E-state index contributed by atoms with van der Waals surface area (Å²) in [6.45, 7) is 1.12. The number of halogens is 1. The number of carboxylic acid groups (broad SMARTS) is 1. The molecule has 3 aromatic rings. The van der Waals surface area contributed by atoms with Gasteiger partial charge in [-0.15, -0.1) is 0 Å². The number of nitrogens with one attached hydrogen (secondary N) is 2. The van der Waals surface area contributed by atoms with Gasteiger partial charge in [0.25, 0.3) is 5.91 Å². The van der Waals surface area contributed by atoms with Gasteiger partial charge in [0.05, 0.1) is 32.5 Å². The molecule has 0 atom stereocenters. The van der Waals surface area contributed by atoms with Crippen LogP contribution in [0.5, 0.6) is 5.75 Å². The van der Waals surface area contributed by atoms with E-state index in [-0.39, 0.29) is 28.1 Å². The number of carbonyl (C=O) groups excluding carboxylic acids is 1. The van der Waals surface area contributed by atoms with Crippen LogP contribution in [0.25, 0.3) is 10.9 Å². The number of aromatic carboxylic acids is 1. The molecule has 1 saturated carbocycles. The fourth-order valence-electron chi connectivity index (χ4n) is 4.87. The lowest BCUT2D eigenvalue weighted by Gasteiger charge is -2.44. The molecule has 10 nitrogen and oxygen atoms in total. The number of nitrogens with zero attached hydrogens (tertiary/aromatic N) is 2. The number of hydrogen-bond donors (Lipinski definition) is 4. The zero-order chi connectivity index (χ0) is 24.7. The van der Waals surface area contributed by atoms with Crippen LogP contribution in [0.1, 0.15) is 46.5 Å². The fraction of sp³-hybridized carbons (Fsp3) is 0.333. The number of pyridine rings is 2. The number of ether oxygens (including phenoxy) is 1. The van der Waals surface area contributed by atoms with Crippen LogP contribution in [-0.2, 0) is 5.54 Å². The van der Waals surface area contributed by atoms with Crippen molar-refractivity contribution in [1.29, 1.82) is 0 Å². The molecule has 35 heavy (non-hydrogen) atoms. The van der Waals surface area contributed by atoms with E-state index >= 15 is 0 Å². The third kappa shape index (κ3) is 3.87. The Labute approximate surface area is 214 Å². The van der Waals surface area contributed by atoms with E-state index in [0.717, 1.165) is 19.3 Å². The van der Waals surface area contributed by atoms with Gasteiger partial charge in [0, 0.05) is 37.4 Å². The maximum Gasteiger partial charge on any atom is 0.341 e. The number of benzene rings is 1. The molecule has 182 valence electrons. The van der Waals surface area contributed by atoms with Crippen molar-refractivity contribution in [2.24, 2.45) is 0 Å². The predicted octanol–water partition coefficient (Wildman–Crippen LogP) is 2.79. The number of aromatic nitrogens is 2. The minimum Gasteiger partial charge on any atom is -0.489 e. The molecular weight excluding hydrogens is 565 g/mol. The van der Waals surface area contributed by atoms with Crippen LogP contribution in [-0.4, -0.2) is 46.2 Å². The first-order valence-electron chi connectivity index (χ1n) is 11.3. The molecule has 1 amide bonds. The normalized spacial score (nSPS) is 15.7. The van der Waals surface area contributed by atoms with Crippen LogP contribution in [0, 0.1) is 3.57 Å². The highest BCUT2D eigenvalue weighted by Gasteiger charge is 2.42. The van der Waals surface area contributed by atoms with Gasteiger partial charge in [0.2, 0.25) is 5.43 Å². The molecule has 2 aliphatic rings. The number of anilines is 2. The van der Waals surface area contributed by atoms with Crippen LogP contribution >= 0.6 is 22.6 Å². The second-order valence-corrected chi connectivity index (χ2v) is 9.86. The smallest absolute Gasteiger partial charge is 0.341 e. The third-order valence-electron chi connectivity index (χ3n) is 6.82. The zero-order valence-electron chi connectivity index (χ0n) is 18.8. The molecule has 1 fully saturated rings. The Hall–Kier alpha value is -3.35. The first kappa shape index (κ1) is 23.4. The number of carboxylic acids is 1. The summed E-state index contributed by atoms with van der Waals surface area (Å²) in [4.78, 5) is 41.4. The summed E-state index contributed by atoms with van der Waals surface area (Å²) in [6.07, 6.45) is 6.49. The van der Waals surface area contributed by atoms with Crippen molar-refractivity contribution < 1.29 is 19.4 Å². The van der Waals surface area contributed by atoms with Gasteiger partial charge in [-0.25, -0.2) is 4.79 Å². The molecule has 1 aliphatic carbocycles. The number of nitrogens with two attached hydrogens (primary N) is 1. The van der Waals surface area contributed by atoms with E-state index in [1.54, 1.807) is 24.4 Å². The van der Waals surface area contributed by atoms with E-state index in [1.165, 1.54) is 6.20 Å². The highest BCUT2D eigenvalue weighted by molar-refractivity contribution is 14.1. The summed E-state index contributed by atoms with van der Waals surface area (Å²) in [6, 6.07) is 5.12. The van der Waals surface area contributed by atoms with Crippen LogP contribution in [0.3, 0.4) is 0 Å². The van der Waals surface area contributed by atoms with Gasteiger partial charge in [0.15, 0.2) is 5.75 Å². The number of fused-ring (bicyclic) bond motifs is 1. The summed E-state index contributed by atoms with van der Waals surface area (Å²) in [5, 5.41) is 16.0. The third-order valence-corrected chi connectivity index (χ3v) is 7.94. The van der Waals surface area contributed by atoms with Crippen LogP contribution in [0.2, 0.25) is 0 Å². The first-order chi connectivity index (χ1) is 16.8. The monoisotopic (exact) mass is 589 g/mol. The van der Waals surface area contributed by atoms with Crippen molar-refractivity contribution >= 4 is 56.7 Å². The standard InChI is InChI=1S/C24H24IN5O5/c25-16-17(26)15-19-21(18(16)28-9-10-29-22(32)14-4-1-2-8-27-14)35-11-7-24(5-3-6-24)30(19)12-13(20(15)31)23(33)34/h1-2,4,8,12,28H,3,5-7,9-11,26H2,(H,29,32)(H,33,34). The quantitative estimate of drug-likeness (QED) is 0.195. The second kappa shape index (κ2) is 9.02. The Morgan fingerprint density at radius 3 is 2.71 bits per heavy atom. The predicted molar refractivity (Wildman–Crippen MR) is 139 cm³/mol. The molecule has 0 unspecified atom stereocenters. The van der Waals surface area contributed by atoms with Crippen LogP contribution < -0.4 is 26.5 Å². The number of amides is 1. The summed E-state index contributed by atoms with van der Waals surface area (Å²) >= 11 is 2.04. The van der Waals surface area contributed by atoms with Gasteiger partial charge in [-0.2, -0.15) is 0 Å². The lowest BCUT2D eigenvalue weighted by molar-refractivity contribution is 0.0691. The Bertz CT molecular complexity index is 1400. The average molecular weight is 589 g/mol. The van der Waals surface area contributed by atoms with Crippen molar-refractivity contribution in [2.75, 3.05) is 30.7 Å². The van der Waals surface area contributed by atoms with Crippen molar-refractivity contribution in [3.63, 3.8) is 0 Å². The van der Waals surface area contributed by atoms with Gasteiger partial charge in [-0.05, 0) is 54.0 Å². The molecule has 0 bridgehead atoms. The number of hydrogen-bond acceptors (Lipinski definition) is 7. The van der Waals surface area contributed by atoms with Crippen molar-refractivity contribution in [2.45, 2.75) is 31.2 Å². The molecule has 3 heterocycles. The Kier molecular flexibility index (Phi) is 6.03. The number of rotatable bonds is 6. The van der Waals surface area contributed by atoms with Crippen molar-refractivity contribution in [3.8, 4) is 5.75 Å². The minimum absolute atomic E-state index is 0.173. The topological polar surface area (TPSA) is 149 Å². The van der Waals surface area contributed by atoms with E-state index in [0.29, 0.717) is 52.3 Å². The molecule has 2 aromatic heterocycles. The van der Waals surface area contributed by atoms with Crippen LogP contribution in [0.15, 0.2) is 35.4 Å². The van der Waals surface area contributed by atoms with Gasteiger partial charge in [0.1, 0.15) is 11.3 Å². The van der Waals surface area contributed by atoms with Gasteiger partial charge in [-0.3, -0.25) is 14.6 Å². The molecule has 1 aromatic carbocycles. The average Bonchev–Trinajstić information content (AvgIpc) is 3.00. The Morgan fingerprint density at radius 1 is 1.26 bits per heavy atom. The second-order valence-electron chi connectivity index (χ2n) is 8.78. The summed E-state index contributed by atoms with van der Waals surface area (Å²) in [5.74, 6) is -1.08. The zero-order valence-corrected chi connectivity index (χ0v) is 20.9. The minimum atomic E-state index is -1.28. The molecule has 11 heteroatoms. The highest BCUT2D eigenvalue weighted by Crippen LogP contribution is 2.50. The largest absolute Gasteiger partial charge is 0.489 e. The SMILES string of the molecule is Nc1c(I)c(NCCNC(=O)c2ccccn2)c2c3c1c(=O)c(C(=O)O)cn3C1(CCC1)CCO2. The molecule has 5 N–H and O–H groups in total. The summed E-state index contributed by atoms with van der Waals surface area (Å²) < 4.78 is 8.68. The van der Waals surface area contributed by atoms with Gasteiger partial charge < -0.3 is 30.8 Å². The molecule has 5 rings (SSSR count). The fourth-order valence-corrected chi connectivity index (χ4v) is 5.57. The maximum atomic E-state index is 13.2. The van der Waals surface area contributed by atoms with E-state index in [2.05, 4.69) is 15.6 Å². The van der Waals surface area contributed by atoms with Gasteiger partial charge >= 0.3 is 5.97 Å². The number of carbonyl (C=O) groups is 2. The van der Waals surface area contributed by atoms with E-state index < -0.39 is 11.4 Å². The molecule has 1 spiro atoms. The first-order valence-corrected chi connectivity index (χ1v) is 12.4. The lowest BCUT2D eigenvalue weighted by Crippen LogP contribution is -2.42. The van der Waals surface area contributed by atoms with Gasteiger partial charge in [-0.1, -0.05) is 6.07 Å². The van der Waals surface area contributed by atoms with E-state index in [9.17, 15) is 19.5 Å².